The number of hydrogen-bond acceptors (Lipinski definition) is 5. The lowest BCUT2D eigenvalue weighted by Gasteiger charge is -2.08. The van der Waals surface area contributed by atoms with Gasteiger partial charge in [-0.1, -0.05) is 35.9 Å². The first-order chi connectivity index (χ1) is 13.9. The third-order valence-corrected chi connectivity index (χ3v) is 5.54. The number of aryl methyl sites for hydroxylation is 3. The number of amides is 1. The van der Waals surface area contributed by atoms with Crippen LogP contribution in [0.25, 0.3) is 22.0 Å². The summed E-state index contributed by atoms with van der Waals surface area (Å²) in [6.07, 6.45) is 0.0504. The van der Waals surface area contributed by atoms with Crippen molar-refractivity contribution in [2.45, 2.75) is 27.2 Å². The molecule has 0 bridgehead atoms. The van der Waals surface area contributed by atoms with Gasteiger partial charge in [-0.3, -0.25) is 9.59 Å². The number of aromatic nitrogens is 3. The van der Waals surface area contributed by atoms with Crippen molar-refractivity contribution in [1.82, 2.24) is 15.2 Å². The van der Waals surface area contributed by atoms with Crippen molar-refractivity contribution in [1.29, 1.82) is 0 Å². The Morgan fingerprint density at radius 2 is 1.79 bits per heavy atom. The molecule has 0 radical (unpaired) electrons. The molecule has 0 fully saturated rings. The highest BCUT2D eigenvalue weighted by Gasteiger charge is 2.14. The van der Waals surface area contributed by atoms with Crippen molar-refractivity contribution >= 4 is 33.1 Å². The zero-order valence-corrected chi connectivity index (χ0v) is 17.2. The van der Waals surface area contributed by atoms with Crippen molar-refractivity contribution in [2.75, 3.05) is 5.32 Å². The molecule has 146 valence electrons. The second kappa shape index (κ2) is 7.60. The number of thiazole rings is 1. The average Bonchev–Trinajstić information content (AvgIpc) is 3.11. The van der Waals surface area contributed by atoms with E-state index in [1.54, 1.807) is 18.2 Å². The van der Waals surface area contributed by atoms with Gasteiger partial charge < -0.3 is 5.32 Å². The van der Waals surface area contributed by atoms with Crippen LogP contribution in [-0.4, -0.2) is 21.1 Å². The van der Waals surface area contributed by atoms with Crippen molar-refractivity contribution in [3.05, 3.63) is 74.5 Å². The third-order valence-electron chi connectivity index (χ3n) is 4.79. The maximum Gasteiger partial charge on any atom is 0.272 e. The first kappa shape index (κ1) is 19.0. The first-order valence-electron chi connectivity index (χ1n) is 9.22. The van der Waals surface area contributed by atoms with Crippen molar-refractivity contribution < 1.29 is 4.79 Å². The van der Waals surface area contributed by atoms with E-state index < -0.39 is 0 Å². The lowest BCUT2D eigenvalue weighted by molar-refractivity contribution is -0.115. The number of aromatic amines is 1. The smallest absolute Gasteiger partial charge is 0.272 e. The fourth-order valence-electron chi connectivity index (χ4n) is 3.65. The minimum absolute atomic E-state index is 0.0504. The van der Waals surface area contributed by atoms with E-state index in [1.807, 2.05) is 11.4 Å². The van der Waals surface area contributed by atoms with Crippen molar-refractivity contribution in [3.63, 3.8) is 0 Å². The predicted octanol–water partition coefficient (Wildman–Crippen LogP) is 4.15. The monoisotopic (exact) mass is 404 g/mol. The quantitative estimate of drug-likeness (QED) is 0.535. The fraction of sp³-hybridized carbons (Fsp3) is 0.182. The normalized spacial score (nSPS) is 11.0. The molecule has 2 aromatic heterocycles. The molecule has 0 saturated carbocycles. The molecule has 0 aliphatic heterocycles. The zero-order valence-electron chi connectivity index (χ0n) is 16.4. The molecule has 0 spiro atoms. The summed E-state index contributed by atoms with van der Waals surface area (Å²) >= 11 is 1.39. The minimum Gasteiger partial charge on any atom is -0.302 e. The Hall–Kier alpha value is -3.32. The van der Waals surface area contributed by atoms with Crippen LogP contribution in [0.15, 0.2) is 46.6 Å². The molecule has 29 heavy (non-hydrogen) atoms. The lowest BCUT2D eigenvalue weighted by Crippen LogP contribution is -2.18. The van der Waals surface area contributed by atoms with Crippen molar-refractivity contribution in [3.8, 4) is 11.3 Å². The van der Waals surface area contributed by atoms with Gasteiger partial charge in [0.25, 0.3) is 5.56 Å². The van der Waals surface area contributed by atoms with E-state index in [9.17, 15) is 9.59 Å². The summed E-state index contributed by atoms with van der Waals surface area (Å²) in [5.74, 6) is -0.229. The molecule has 0 unspecified atom stereocenters. The van der Waals surface area contributed by atoms with E-state index in [2.05, 4.69) is 53.4 Å². The van der Waals surface area contributed by atoms with Gasteiger partial charge in [-0.2, -0.15) is 5.10 Å². The third kappa shape index (κ3) is 3.82. The van der Waals surface area contributed by atoms with Crippen LogP contribution in [-0.2, 0) is 11.2 Å². The first-order valence-corrected chi connectivity index (χ1v) is 10.1. The molecular weight excluding hydrogens is 384 g/mol. The molecular formula is C22H20N4O2S. The highest BCUT2D eigenvalue weighted by atomic mass is 32.1. The number of fused-ring (bicyclic) bond motifs is 1. The van der Waals surface area contributed by atoms with Gasteiger partial charge in [-0.15, -0.1) is 11.3 Å². The number of anilines is 1. The van der Waals surface area contributed by atoms with Crippen LogP contribution in [0.5, 0.6) is 0 Å². The number of carbonyl (C=O) groups is 1. The second-order valence-electron chi connectivity index (χ2n) is 7.08. The Labute approximate surface area is 171 Å². The number of nitrogens with zero attached hydrogens (tertiary/aromatic N) is 2. The van der Waals surface area contributed by atoms with Gasteiger partial charge in [-0.25, -0.2) is 10.1 Å². The van der Waals surface area contributed by atoms with E-state index in [1.165, 1.54) is 16.9 Å². The average molecular weight is 404 g/mol. The molecule has 6 nitrogen and oxygen atoms in total. The van der Waals surface area contributed by atoms with E-state index in [4.69, 9.17) is 0 Å². The number of carbonyl (C=O) groups excluding carboxylic acids is 1. The Morgan fingerprint density at radius 1 is 1.10 bits per heavy atom. The highest BCUT2D eigenvalue weighted by molar-refractivity contribution is 7.14. The van der Waals surface area contributed by atoms with E-state index in [0.717, 1.165) is 22.4 Å². The predicted molar refractivity (Wildman–Crippen MR) is 116 cm³/mol. The Morgan fingerprint density at radius 3 is 2.52 bits per heavy atom. The van der Waals surface area contributed by atoms with Gasteiger partial charge in [0, 0.05) is 16.3 Å². The van der Waals surface area contributed by atoms with Gasteiger partial charge in [0.2, 0.25) is 5.91 Å². The minimum atomic E-state index is -0.266. The summed E-state index contributed by atoms with van der Waals surface area (Å²) in [6.45, 7) is 6.21. The Kier molecular flexibility index (Phi) is 4.98. The van der Waals surface area contributed by atoms with Gasteiger partial charge in [0.1, 0.15) is 0 Å². The molecule has 2 aromatic carbocycles. The number of rotatable bonds is 4. The molecule has 2 N–H and O–H groups in total. The summed E-state index contributed by atoms with van der Waals surface area (Å²) < 4.78 is 0. The Balaban J connectivity index is 1.55. The summed E-state index contributed by atoms with van der Waals surface area (Å²) in [6, 6.07) is 11.4. The summed E-state index contributed by atoms with van der Waals surface area (Å²) in [4.78, 5) is 29.1. The maximum atomic E-state index is 12.6. The van der Waals surface area contributed by atoms with Gasteiger partial charge in [0.15, 0.2) is 5.13 Å². The van der Waals surface area contributed by atoms with Crippen molar-refractivity contribution in [2.24, 2.45) is 0 Å². The van der Waals surface area contributed by atoms with E-state index in [-0.39, 0.29) is 17.9 Å². The SMILES string of the molecule is Cc1cc(C)c(-c2csc(NC(=O)Cc3n[nH]c(=O)c4ccccc34)n2)c(C)c1. The lowest BCUT2D eigenvalue weighted by atomic mass is 9.98. The van der Waals surface area contributed by atoms with Crippen LogP contribution < -0.4 is 10.9 Å². The largest absolute Gasteiger partial charge is 0.302 e. The molecule has 1 amide bonds. The molecule has 0 atom stereocenters. The van der Waals surface area contributed by atoms with Crippen LogP contribution in [0.2, 0.25) is 0 Å². The number of benzene rings is 2. The molecule has 0 saturated heterocycles. The summed E-state index contributed by atoms with van der Waals surface area (Å²) in [7, 11) is 0. The fourth-order valence-corrected chi connectivity index (χ4v) is 4.37. The van der Waals surface area contributed by atoms with Crippen LogP contribution >= 0.6 is 11.3 Å². The molecule has 0 aliphatic rings. The Bertz CT molecular complexity index is 1270. The number of nitrogens with one attached hydrogen (secondary N) is 2. The van der Waals surface area contributed by atoms with Gasteiger partial charge in [-0.05, 0) is 38.0 Å². The molecule has 0 aliphatic carbocycles. The highest BCUT2D eigenvalue weighted by Crippen LogP contribution is 2.31. The molecule has 4 aromatic rings. The zero-order chi connectivity index (χ0) is 20.5. The van der Waals surface area contributed by atoms with Gasteiger partial charge in [0.05, 0.1) is 23.2 Å². The number of H-pyrrole nitrogens is 1. The topological polar surface area (TPSA) is 87.7 Å². The standard InChI is InChI=1S/C22H20N4O2S/c1-12-8-13(2)20(14(3)9-12)18-11-29-22(23-18)24-19(27)10-17-15-6-4-5-7-16(15)21(28)26-25-17/h4-9,11H,10H2,1-3H3,(H,26,28)(H,23,24,27). The summed E-state index contributed by atoms with van der Waals surface area (Å²) in [5.41, 5.74) is 5.75. The second-order valence-corrected chi connectivity index (χ2v) is 7.94. The molecule has 2 heterocycles. The maximum absolute atomic E-state index is 12.6. The summed E-state index contributed by atoms with van der Waals surface area (Å²) in [5, 5.41) is 13.1. The molecule has 4 rings (SSSR count). The van der Waals surface area contributed by atoms with E-state index in [0.29, 0.717) is 21.6 Å². The van der Waals surface area contributed by atoms with Crippen LogP contribution in [0.3, 0.4) is 0 Å². The van der Waals surface area contributed by atoms with Crippen LogP contribution in [0.1, 0.15) is 22.4 Å². The van der Waals surface area contributed by atoms with Gasteiger partial charge >= 0.3 is 0 Å². The van der Waals surface area contributed by atoms with E-state index >= 15 is 0 Å². The molecule has 7 heteroatoms. The number of hydrogen-bond donors (Lipinski definition) is 2. The van der Waals surface area contributed by atoms with Crippen LogP contribution in [0.4, 0.5) is 5.13 Å². The van der Waals surface area contributed by atoms with Crippen LogP contribution in [0, 0.1) is 20.8 Å².